The maximum absolute atomic E-state index is 13.1. The maximum atomic E-state index is 13.1. The number of carboxylic acids is 1. The van der Waals surface area contributed by atoms with Crippen molar-refractivity contribution in [2.24, 2.45) is 7.05 Å². The summed E-state index contributed by atoms with van der Waals surface area (Å²) in [5, 5.41) is 9.21. The highest BCUT2D eigenvalue weighted by Gasteiger charge is 2.23. The zero-order chi connectivity index (χ0) is 12.7. The number of aliphatic carboxylic acids is 1. The normalized spacial score (nSPS) is 10.8. The minimum absolute atomic E-state index is 0.120. The molecule has 1 heterocycles. The van der Waals surface area contributed by atoms with Crippen molar-refractivity contribution in [3.05, 3.63) is 35.3 Å². The van der Waals surface area contributed by atoms with E-state index in [9.17, 15) is 14.0 Å². The first-order chi connectivity index (χ1) is 7.93. The smallest absolute Gasteiger partial charge is 0.377 e. The number of hydrogen-bond donors (Lipinski definition) is 1. The quantitative estimate of drug-likeness (QED) is 0.638. The Morgan fingerprint density at radius 1 is 1.35 bits per heavy atom. The van der Waals surface area contributed by atoms with Crippen LogP contribution < -0.4 is 0 Å². The Morgan fingerprint density at radius 3 is 2.59 bits per heavy atom. The van der Waals surface area contributed by atoms with Crippen LogP contribution in [0.3, 0.4) is 0 Å². The van der Waals surface area contributed by atoms with Crippen molar-refractivity contribution in [3.8, 4) is 0 Å². The summed E-state index contributed by atoms with van der Waals surface area (Å²) in [7, 11) is 1.66. The molecular formula is C12H10FNO3. The van der Waals surface area contributed by atoms with Crippen LogP contribution in [-0.4, -0.2) is 21.4 Å². The maximum Gasteiger partial charge on any atom is 0.377 e. The average molecular weight is 235 g/mol. The predicted octanol–water partition coefficient (Wildman–Crippen LogP) is 1.89. The number of rotatable bonds is 2. The van der Waals surface area contributed by atoms with Crippen molar-refractivity contribution < 1.29 is 19.1 Å². The molecule has 1 aromatic carbocycles. The second kappa shape index (κ2) is 3.69. The molecule has 17 heavy (non-hydrogen) atoms. The van der Waals surface area contributed by atoms with Gasteiger partial charge in [0.15, 0.2) is 0 Å². The van der Waals surface area contributed by atoms with E-state index in [0.29, 0.717) is 16.6 Å². The molecule has 2 aromatic rings. The highest BCUT2D eigenvalue weighted by atomic mass is 19.1. The summed E-state index contributed by atoms with van der Waals surface area (Å²) in [6.45, 7) is 1.63. The molecule has 1 aromatic heterocycles. The van der Waals surface area contributed by atoms with E-state index in [1.165, 1.54) is 18.2 Å². The van der Waals surface area contributed by atoms with Gasteiger partial charge in [0.25, 0.3) is 5.78 Å². The van der Waals surface area contributed by atoms with E-state index in [1.54, 1.807) is 18.5 Å². The van der Waals surface area contributed by atoms with Gasteiger partial charge in [0.1, 0.15) is 5.82 Å². The summed E-state index contributed by atoms with van der Waals surface area (Å²) in [6.07, 6.45) is 0. The number of fused-ring (bicyclic) bond motifs is 1. The second-order valence-electron chi connectivity index (χ2n) is 3.82. The van der Waals surface area contributed by atoms with Gasteiger partial charge in [-0.2, -0.15) is 0 Å². The number of halogens is 1. The first kappa shape index (κ1) is 11.3. The van der Waals surface area contributed by atoms with Gasteiger partial charge in [-0.15, -0.1) is 0 Å². The summed E-state index contributed by atoms with van der Waals surface area (Å²) in [6, 6.07) is 3.91. The van der Waals surface area contributed by atoms with Crippen LogP contribution in [0, 0.1) is 12.7 Å². The van der Waals surface area contributed by atoms with Gasteiger partial charge in [-0.25, -0.2) is 9.18 Å². The highest BCUT2D eigenvalue weighted by Crippen LogP contribution is 2.26. The zero-order valence-electron chi connectivity index (χ0n) is 9.32. The first-order valence-corrected chi connectivity index (χ1v) is 4.95. The molecule has 0 aliphatic heterocycles. The van der Waals surface area contributed by atoms with Crippen LogP contribution in [0.15, 0.2) is 18.2 Å². The SMILES string of the molecule is Cc1c(C(=O)C(=O)O)c2ccc(F)cc2n1C. The number of benzene rings is 1. The van der Waals surface area contributed by atoms with Crippen molar-refractivity contribution >= 4 is 22.7 Å². The lowest BCUT2D eigenvalue weighted by Crippen LogP contribution is -2.13. The fourth-order valence-electron chi connectivity index (χ4n) is 1.93. The van der Waals surface area contributed by atoms with Gasteiger partial charge >= 0.3 is 5.97 Å². The summed E-state index contributed by atoms with van der Waals surface area (Å²) < 4.78 is 14.7. The van der Waals surface area contributed by atoms with E-state index in [0.717, 1.165) is 0 Å². The molecule has 0 fully saturated rings. The molecule has 0 aliphatic rings. The number of ketones is 1. The largest absolute Gasteiger partial charge is 0.475 e. The number of aromatic nitrogens is 1. The number of carboxylic acid groups (broad SMARTS) is 1. The molecule has 4 nitrogen and oxygen atoms in total. The molecule has 0 amide bonds. The lowest BCUT2D eigenvalue weighted by Gasteiger charge is -1.98. The van der Waals surface area contributed by atoms with Crippen LogP contribution in [0.25, 0.3) is 10.9 Å². The molecule has 0 unspecified atom stereocenters. The van der Waals surface area contributed by atoms with E-state index in [-0.39, 0.29) is 5.56 Å². The van der Waals surface area contributed by atoms with Crippen LogP contribution in [0.2, 0.25) is 0 Å². The highest BCUT2D eigenvalue weighted by molar-refractivity contribution is 6.42. The Kier molecular flexibility index (Phi) is 2.46. The number of carbonyl (C=O) groups is 2. The zero-order valence-corrected chi connectivity index (χ0v) is 9.32. The molecule has 0 atom stereocenters. The Morgan fingerprint density at radius 2 is 2.00 bits per heavy atom. The lowest BCUT2D eigenvalue weighted by molar-refractivity contribution is -0.131. The average Bonchev–Trinajstić information content (AvgIpc) is 2.51. The molecular weight excluding hydrogens is 225 g/mol. The molecule has 88 valence electrons. The third-order valence-electron chi connectivity index (χ3n) is 2.88. The van der Waals surface area contributed by atoms with Crippen LogP contribution in [0.5, 0.6) is 0 Å². The topological polar surface area (TPSA) is 59.3 Å². The van der Waals surface area contributed by atoms with Gasteiger partial charge in [0, 0.05) is 18.1 Å². The van der Waals surface area contributed by atoms with Crippen molar-refractivity contribution in [1.82, 2.24) is 4.57 Å². The molecule has 0 saturated carbocycles. The third-order valence-corrected chi connectivity index (χ3v) is 2.88. The summed E-state index contributed by atoms with van der Waals surface area (Å²) in [4.78, 5) is 22.3. The number of nitrogens with zero attached hydrogens (tertiary/aromatic N) is 1. The van der Waals surface area contributed by atoms with E-state index in [2.05, 4.69) is 0 Å². The van der Waals surface area contributed by atoms with Crippen LogP contribution in [0.1, 0.15) is 16.1 Å². The molecule has 0 saturated heterocycles. The Labute approximate surface area is 96.3 Å². The molecule has 2 rings (SSSR count). The van der Waals surface area contributed by atoms with Crippen molar-refractivity contribution in [2.75, 3.05) is 0 Å². The van der Waals surface area contributed by atoms with Gasteiger partial charge in [0.2, 0.25) is 0 Å². The van der Waals surface area contributed by atoms with Crippen LogP contribution in [-0.2, 0) is 11.8 Å². The fraction of sp³-hybridized carbons (Fsp3) is 0.167. The standard InChI is InChI=1S/C12H10FNO3/c1-6-10(11(15)12(16)17)8-4-3-7(13)5-9(8)14(6)2/h3-5H,1-2H3,(H,16,17). The van der Waals surface area contributed by atoms with Gasteiger partial charge in [0.05, 0.1) is 11.1 Å². The number of carbonyl (C=O) groups excluding carboxylic acids is 1. The van der Waals surface area contributed by atoms with Gasteiger partial charge in [-0.3, -0.25) is 4.79 Å². The van der Waals surface area contributed by atoms with Crippen molar-refractivity contribution in [1.29, 1.82) is 0 Å². The molecule has 0 aliphatic carbocycles. The Balaban J connectivity index is 2.84. The molecule has 0 radical (unpaired) electrons. The van der Waals surface area contributed by atoms with E-state index >= 15 is 0 Å². The van der Waals surface area contributed by atoms with E-state index in [4.69, 9.17) is 5.11 Å². The number of Topliss-reactive ketones (excluding diaryl/α,β-unsaturated/α-hetero) is 1. The number of hydrogen-bond acceptors (Lipinski definition) is 2. The molecule has 0 spiro atoms. The second-order valence-corrected chi connectivity index (χ2v) is 3.82. The predicted molar refractivity (Wildman–Crippen MR) is 59.6 cm³/mol. The minimum Gasteiger partial charge on any atom is -0.475 e. The summed E-state index contributed by atoms with van der Waals surface area (Å²) >= 11 is 0. The number of aryl methyl sites for hydroxylation is 1. The molecule has 5 heteroatoms. The fourth-order valence-corrected chi connectivity index (χ4v) is 1.93. The first-order valence-electron chi connectivity index (χ1n) is 4.95. The van der Waals surface area contributed by atoms with Gasteiger partial charge in [-0.1, -0.05) is 0 Å². The van der Waals surface area contributed by atoms with Crippen LogP contribution >= 0.6 is 0 Å². The summed E-state index contributed by atoms with van der Waals surface area (Å²) in [5.74, 6) is -2.91. The monoisotopic (exact) mass is 235 g/mol. The van der Waals surface area contributed by atoms with E-state index < -0.39 is 17.6 Å². The summed E-state index contributed by atoms with van der Waals surface area (Å²) in [5.41, 5.74) is 1.14. The minimum atomic E-state index is -1.51. The lowest BCUT2D eigenvalue weighted by atomic mass is 10.1. The van der Waals surface area contributed by atoms with Gasteiger partial charge < -0.3 is 9.67 Å². The third kappa shape index (κ3) is 1.60. The Hall–Kier alpha value is -2.17. The van der Waals surface area contributed by atoms with Gasteiger partial charge in [-0.05, 0) is 25.1 Å². The molecule has 1 N–H and O–H groups in total. The van der Waals surface area contributed by atoms with Crippen molar-refractivity contribution in [3.63, 3.8) is 0 Å². The molecule has 0 bridgehead atoms. The Bertz CT molecular complexity index is 643. The van der Waals surface area contributed by atoms with Crippen LogP contribution in [0.4, 0.5) is 4.39 Å². The van der Waals surface area contributed by atoms with E-state index in [1.807, 2.05) is 0 Å². The van der Waals surface area contributed by atoms with Crippen molar-refractivity contribution in [2.45, 2.75) is 6.92 Å².